The van der Waals surface area contributed by atoms with Gasteiger partial charge >= 0.3 is 5.97 Å². The second-order valence-corrected chi connectivity index (χ2v) is 6.41. The highest BCUT2D eigenvalue weighted by Gasteiger charge is 2.27. The van der Waals surface area contributed by atoms with E-state index < -0.39 is 28.5 Å². The number of carbonyl (C=O) groups excluding carboxylic acids is 3. The van der Waals surface area contributed by atoms with Gasteiger partial charge in [0.05, 0.1) is 6.61 Å². The van der Waals surface area contributed by atoms with Crippen LogP contribution < -0.4 is 16.6 Å². The van der Waals surface area contributed by atoms with Gasteiger partial charge in [0.1, 0.15) is 5.69 Å². The molecule has 0 bridgehead atoms. The van der Waals surface area contributed by atoms with Crippen LogP contribution in [-0.2, 0) is 14.3 Å². The number of anilines is 2. The number of nitrogens with zero attached hydrogens (tertiary/aromatic N) is 1. The average Bonchev–Trinajstić information content (AvgIpc) is 2.63. The number of aromatic amines is 1. The van der Waals surface area contributed by atoms with E-state index in [9.17, 15) is 19.2 Å². The molecule has 0 spiro atoms. The Labute approximate surface area is 158 Å². The first kappa shape index (κ1) is 20.2. The molecule has 1 aromatic carbocycles. The van der Waals surface area contributed by atoms with Crippen LogP contribution in [0.25, 0.3) is 0 Å². The van der Waals surface area contributed by atoms with Gasteiger partial charge in [-0.25, -0.2) is 4.98 Å². The molecule has 0 aliphatic rings. The summed E-state index contributed by atoms with van der Waals surface area (Å²) in [5.41, 5.74) is 5.19. The normalized spacial score (nSPS) is 11.5. The molecule has 1 aromatic heterocycles. The summed E-state index contributed by atoms with van der Waals surface area (Å²) in [5.74, 6) is -1.96. The Morgan fingerprint density at radius 3 is 2.52 bits per heavy atom. The number of esters is 1. The third-order valence-corrected chi connectivity index (χ3v) is 4.48. The number of aromatic nitrogens is 2. The van der Waals surface area contributed by atoms with Crippen molar-refractivity contribution in [3.05, 3.63) is 46.2 Å². The number of hydrogen-bond acceptors (Lipinski definition) is 8. The number of hydrogen-bond donors (Lipinski definition) is 3. The SMILES string of the molecule is CCOC(=O)[C@H](Sc1nc(N)c(NC(=O)c2ccccc2)c(=O)[nH]1)C(C)=O. The molecule has 2 rings (SSSR count). The summed E-state index contributed by atoms with van der Waals surface area (Å²) in [5, 5.41) is 1.18. The van der Waals surface area contributed by atoms with E-state index in [1.807, 2.05) is 0 Å². The molecule has 4 N–H and O–H groups in total. The number of nitrogen functional groups attached to an aromatic ring is 1. The quantitative estimate of drug-likeness (QED) is 0.277. The lowest BCUT2D eigenvalue weighted by Crippen LogP contribution is -2.28. The summed E-state index contributed by atoms with van der Waals surface area (Å²) in [4.78, 5) is 54.3. The number of thioether (sulfide) groups is 1. The van der Waals surface area contributed by atoms with Crippen molar-refractivity contribution in [2.75, 3.05) is 17.7 Å². The van der Waals surface area contributed by atoms with E-state index in [1.165, 1.54) is 6.92 Å². The van der Waals surface area contributed by atoms with E-state index >= 15 is 0 Å². The smallest absolute Gasteiger partial charge is 0.327 e. The van der Waals surface area contributed by atoms with E-state index in [4.69, 9.17) is 10.5 Å². The second-order valence-electron chi connectivity index (χ2n) is 5.31. The number of nitrogens with two attached hydrogens (primary N) is 1. The lowest BCUT2D eigenvalue weighted by Gasteiger charge is -2.12. The summed E-state index contributed by atoms with van der Waals surface area (Å²) in [6.45, 7) is 2.95. The van der Waals surface area contributed by atoms with Gasteiger partial charge in [0.15, 0.2) is 22.0 Å². The zero-order chi connectivity index (χ0) is 20.0. The average molecular weight is 390 g/mol. The fourth-order valence-electron chi connectivity index (χ4n) is 2.05. The first-order valence-corrected chi connectivity index (χ1v) is 8.81. The zero-order valence-corrected chi connectivity index (χ0v) is 15.5. The van der Waals surface area contributed by atoms with Crippen LogP contribution in [0.2, 0.25) is 0 Å². The van der Waals surface area contributed by atoms with Crippen molar-refractivity contribution in [3.8, 4) is 0 Å². The predicted octanol–water partition coefficient (Wildman–Crippen LogP) is 1.22. The summed E-state index contributed by atoms with van der Waals surface area (Å²) in [7, 11) is 0. The summed E-state index contributed by atoms with van der Waals surface area (Å²) < 4.78 is 4.83. The minimum absolute atomic E-state index is 0.0385. The van der Waals surface area contributed by atoms with Crippen molar-refractivity contribution in [2.45, 2.75) is 24.3 Å². The zero-order valence-electron chi connectivity index (χ0n) is 14.6. The number of ketones is 1. The van der Waals surface area contributed by atoms with Gasteiger partial charge < -0.3 is 15.8 Å². The standard InChI is InChI=1S/C17H18N4O5S/c1-3-26-16(25)12(9(2)22)27-17-20-13(18)11(15(24)21-17)19-14(23)10-7-5-4-6-8-10/h4-8,12H,3H2,1-2H3,(H,19,23)(H3,18,20,21,24)/t12-/m1/s1. The number of H-pyrrole nitrogens is 1. The molecule has 0 saturated carbocycles. The largest absolute Gasteiger partial charge is 0.465 e. The van der Waals surface area contributed by atoms with E-state index in [0.717, 1.165) is 0 Å². The molecule has 0 saturated heterocycles. The Hall–Kier alpha value is -3.14. The van der Waals surface area contributed by atoms with Crippen LogP contribution in [0.3, 0.4) is 0 Å². The van der Waals surface area contributed by atoms with Gasteiger partial charge in [-0.05, 0) is 26.0 Å². The fourth-order valence-corrected chi connectivity index (χ4v) is 2.90. The Morgan fingerprint density at radius 2 is 1.96 bits per heavy atom. The predicted molar refractivity (Wildman–Crippen MR) is 101 cm³/mol. The lowest BCUT2D eigenvalue weighted by molar-refractivity contribution is -0.144. The van der Waals surface area contributed by atoms with Crippen molar-refractivity contribution < 1.29 is 19.1 Å². The third-order valence-electron chi connectivity index (χ3n) is 3.30. The number of ether oxygens (including phenoxy) is 1. The van der Waals surface area contributed by atoms with Gasteiger partial charge in [0.2, 0.25) is 0 Å². The Bertz CT molecular complexity index is 913. The molecule has 9 nitrogen and oxygen atoms in total. The molecular formula is C17H18N4O5S. The van der Waals surface area contributed by atoms with Crippen LogP contribution in [0.4, 0.5) is 11.5 Å². The molecule has 0 aliphatic heterocycles. The van der Waals surface area contributed by atoms with Crippen molar-refractivity contribution in [3.63, 3.8) is 0 Å². The van der Waals surface area contributed by atoms with Crippen LogP contribution >= 0.6 is 11.8 Å². The van der Waals surface area contributed by atoms with Gasteiger partial charge in [0, 0.05) is 5.56 Å². The number of rotatable bonds is 7. The monoisotopic (exact) mass is 390 g/mol. The maximum absolute atomic E-state index is 12.3. The molecule has 10 heteroatoms. The number of amides is 1. The highest BCUT2D eigenvalue weighted by atomic mass is 32.2. The first-order chi connectivity index (χ1) is 12.8. The van der Waals surface area contributed by atoms with Gasteiger partial charge in [0.25, 0.3) is 11.5 Å². The number of Topliss-reactive ketones (excluding diaryl/α,β-unsaturated/α-hetero) is 1. The maximum Gasteiger partial charge on any atom is 0.327 e. The fraction of sp³-hybridized carbons (Fsp3) is 0.235. The number of nitrogens with one attached hydrogen (secondary N) is 2. The summed E-state index contributed by atoms with van der Waals surface area (Å²) in [6, 6.07) is 8.26. The van der Waals surface area contributed by atoms with E-state index in [2.05, 4.69) is 15.3 Å². The third kappa shape index (κ3) is 5.17. The van der Waals surface area contributed by atoms with Gasteiger partial charge in [-0.2, -0.15) is 0 Å². The molecule has 1 amide bonds. The van der Waals surface area contributed by atoms with Crippen LogP contribution in [0.5, 0.6) is 0 Å². The Kier molecular flexibility index (Phi) is 6.72. The van der Waals surface area contributed by atoms with Gasteiger partial charge in [-0.15, -0.1) is 0 Å². The molecule has 0 unspecified atom stereocenters. The van der Waals surface area contributed by atoms with Crippen LogP contribution in [-0.4, -0.2) is 39.5 Å². The molecule has 0 fully saturated rings. The minimum atomic E-state index is -1.18. The summed E-state index contributed by atoms with van der Waals surface area (Å²) in [6.07, 6.45) is 0. The summed E-state index contributed by atoms with van der Waals surface area (Å²) >= 11 is 0.714. The molecule has 27 heavy (non-hydrogen) atoms. The molecule has 0 radical (unpaired) electrons. The number of carbonyl (C=O) groups is 3. The number of benzene rings is 1. The molecular weight excluding hydrogens is 372 g/mol. The van der Waals surface area contributed by atoms with Crippen molar-refractivity contribution in [1.82, 2.24) is 9.97 Å². The van der Waals surface area contributed by atoms with Crippen LogP contribution in [0, 0.1) is 0 Å². The van der Waals surface area contributed by atoms with Gasteiger partial charge in [-0.1, -0.05) is 30.0 Å². The topological polar surface area (TPSA) is 144 Å². The molecule has 0 aliphatic carbocycles. The maximum atomic E-state index is 12.3. The van der Waals surface area contributed by atoms with Crippen molar-refractivity contribution >= 4 is 40.9 Å². The molecule has 1 heterocycles. The van der Waals surface area contributed by atoms with Crippen LogP contribution in [0.15, 0.2) is 40.3 Å². The highest BCUT2D eigenvalue weighted by Crippen LogP contribution is 2.23. The second kappa shape index (κ2) is 8.99. The van der Waals surface area contributed by atoms with Crippen molar-refractivity contribution in [2.24, 2.45) is 0 Å². The highest BCUT2D eigenvalue weighted by molar-refractivity contribution is 8.01. The van der Waals surface area contributed by atoms with Gasteiger partial charge in [-0.3, -0.25) is 24.2 Å². The van der Waals surface area contributed by atoms with Crippen LogP contribution in [0.1, 0.15) is 24.2 Å². The minimum Gasteiger partial charge on any atom is -0.465 e. The van der Waals surface area contributed by atoms with E-state index in [-0.39, 0.29) is 23.3 Å². The van der Waals surface area contributed by atoms with E-state index in [0.29, 0.717) is 17.3 Å². The Morgan fingerprint density at radius 1 is 1.30 bits per heavy atom. The first-order valence-electron chi connectivity index (χ1n) is 7.93. The molecule has 1 atom stereocenters. The Balaban J connectivity index is 2.23. The molecule has 142 valence electrons. The molecule has 2 aromatic rings. The van der Waals surface area contributed by atoms with Crippen molar-refractivity contribution in [1.29, 1.82) is 0 Å². The van der Waals surface area contributed by atoms with E-state index in [1.54, 1.807) is 37.3 Å². The lowest BCUT2D eigenvalue weighted by atomic mass is 10.2.